The van der Waals surface area contributed by atoms with E-state index in [0.717, 1.165) is 34.4 Å². The number of carbonyl (C=O) groups is 1. The van der Waals surface area contributed by atoms with Gasteiger partial charge in [-0.2, -0.15) is 0 Å². The Morgan fingerprint density at radius 1 is 1.48 bits per heavy atom. The van der Waals surface area contributed by atoms with Gasteiger partial charge in [0, 0.05) is 17.3 Å². The second-order valence-electron chi connectivity index (χ2n) is 5.57. The summed E-state index contributed by atoms with van der Waals surface area (Å²) in [5.74, 6) is 1.97. The van der Waals surface area contributed by atoms with Crippen LogP contribution in [0.25, 0.3) is 10.2 Å². The predicted molar refractivity (Wildman–Crippen MR) is 88.1 cm³/mol. The zero-order valence-electron chi connectivity index (χ0n) is 12.5. The van der Waals surface area contributed by atoms with Gasteiger partial charge in [0.1, 0.15) is 15.7 Å². The van der Waals surface area contributed by atoms with Crippen LogP contribution in [0.3, 0.4) is 0 Å². The van der Waals surface area contributed by atoms with Gasteiger partial charge in [-0.15, -0.1) is 11.3 Å². The molecule has 4 nitrogen and oxygen atoms in total. The Morgan fingerprint density at radius 3 is 3.05 bits per heavy atom. The molecule has 2 heterocycles. The summed E-state index contributed by atoms with van der Waals surface area (Å²) >= 11 is 3.33. The van der Waals surface area contributed by atoms with Crippen LogP contribution in [0.1, 0.15) is 29.6 Å². The Balaban J connectivity index is 2.04. The van der Waals surface area contributed by atoms with Gasteiger partial charge in [0.05, 0.1) is 5.75 Å². The van der Waals surface area contributed by atoms with E-state index in [1.165, 1.54) is 34.0 Å². The van der Waals surface area contributed by atoms with Gasteiger partial charge in [0.2, 0.25) is 5.91 Å². The first-order valence-electron chi connectivity index (χ1n) is 7.20. The number of fused-ring (bicyclic) bond motifs is 3. The van der Waals surface area contributed by atoms with Gasteiger partial charge in [0.15, 0.2) is 0 Å². The standard InChI is InChI=1S/C15H19N3OS2/c1-8-4-5-10-11(6-8)21-15-13(10)14(17-9(2)18-15)20-7-12(19)16-3/h8H,4-7H2,1-3H3,(H,16,19). The monoisotopic (exact) mass is 321 g/mol. The lowest BCUT2D eigenvalue weighted by atomic mass is 9.89. The van der Waals surface area contributed by atoms with Crippen molar-refractivity contribution in [3.63, 3.8) is 0 Å². The maximum Gasteiger partial charge on any atom is 0.230 e. The predicted octanol–water partition coefficient (Wildman–Crippen LogP) is 2.96. The van der Waals surface area contributed by atoms with Gasteiger partial charge >= 0.3 is 0 Å². The highest BCUT2D eigenvalue weighted by Gasteiger charge is 2.23. The van der Waals surface area contributed by atoms with Crippen LogP contribution >= 0.6 is 23.1 Å². The van der Waals surface area contributed by atoms with Gasteiger partial charge in [-0.05, 0) is 37.7 Å². The van der Waals surface area contributed by atoms with Crippen molar-refractivity contribution in [2.45, 2.75) is 38.1 Å². The van der Waals surface area contributed by atoms with Crippen molar-refractivity contribution < 1.29 is 4.79 Å². The number of nitrogens with one attached hydrogen (secondary N) is 1. The molecule has 0 aliphatic heterocycles. The first-order chi connectivity index (χ1) is 10.1. The molecule has 1 unspecified atom stereocenters. The van der Waals surface area contributed by atoms with E-state index in [0.29, 0.717) is 5.75 Å². The van der Waals surface area contributed by atoms with Crippen molar-refractivity contribution in [2.24, 2.45) is 5.92 Å². The van der Waals surface area contributed by atoms with Crippen molar-refractivity contribution in [2.75, 3.05) is 12.8 Å². The van der Waals surface area contributed by atoms with Crippen LogP contribution in [-0.4, -0.2) is 28.7 Å². The molecular weight excluding hydrogens is 302 g/mol. The third kappa shape index (κ3) is 2.92. The summed E-state index contributed by atoms with van der Waals surface area (Å²) in [6.07, 6.45) is 3.48. The van der Waals surface area contributed by atoms with E-state index in [2.05, 4.69) is 22.2 Å². The maximum atomic E-state index is 11.5. The lowest BCUT2D eigenvalue weighted by Crippen LogP contribution is -2.19. The fraction of sp³-hybridized carbons (Fsp3) is 0.533. The second-order valence-corrected chi connectivity index (χ2v) is 7.62. The first-order valence-corrected chi connectivity index (χ1v) is 9.01. The van der Waals surface area contributed by atoms with E-state index in [1.807, 2.05) is 6.92 Å². The highest BCUT2D eigenvalue weighted by Crippen LogP contribution is 2.40. The van der Waals surface area contributed by atoms with Crippen LogP contribution in [0.15, 0.2) is 5.03 Å². The van der Waals surface area contributed by atoms with Crippen LogP contribution in [0.4, 0.5) is 0 Å². The number of hydrogen-bond acceptors (Lipinski definition) is 5. The maximum absolute atomic E-state index is 11.5. The minimum atomic E-state index is 0.0298. The Labute approximate surface area is 132 Å². The van der Waals surface area contributed by atoms with E-state index in [4.69, 9.17) is 0 Å². The van der Waals surface area contributed by atoms with Crippen molar-refractivity contribution in [3.8, 4) is 0 Å². The summed E-state index contributed by atoms with van der Waals surface area (Å²) < 4.78 is 0. The summed E-state index contributed by atoms with van der Waals surface area (Å²) in [6.45, 7) is 4.23. The lowest BCUT2D eigenvalue weighted by Gasteiger charge is -2.18. The minimum Gasteiger partial charge on any atom is -0.358 e. The number of amides is 1. The molecule has 112 valence electrons. The number of aromatic nitrogens is 2. The van der Waals surface area contributed by atoms with Gasteiger partial charge in [-0.3, -0.25) is 4.79 Å². The molecule has 0 radical (unpaired) electrons. The van der Waals surface area contributed by atoms with E-state index in [1.54, 1.807) is 18.4 Å². The summed E-state index contributed by atoms with van der Waals surface area (Å²) in [5, 5.41) is 4.82. The molecule has 0 saturated heterocycles. The number of thioether (sulfide) groups is 1. The third-order valence-electron chi connectivity index (χ3n) is 3.85. The molecule has 0 saturated carbocycles. The topological polar surface area (TPSA) is 54.9 Å². The van der Waals surface area contributed by atoms with Gasteiger partial charge in [0.25, 0.3) is 0 Å². The minimum absolute atomic E-state index is 0.0298. The molecule has 1 N–H and O–H groups in total. The Bertz CT molecular complexity index is 696. The Hall–Kier alpha value is -1.14. The van der Waals surface area contributed by atoms with E-state index in [-0.39, 0.29) is 5.91 Å². The number of hydrogen-bond donors (Lipinski definition) is 1. The van der Waals surface area contributed by atoms with Crippen LogP contribution in [-0.2, 0) is 17.6 Å². The second kappa shape index (κ2) is 5.93. The zero-order valence-corrected chi connectivity index (χ0v) is 14.2. The van der Waals surface area contributed by atoms with Crippen molar-refractivity contribution in [1.82, 2.24) is 15.3 Å². The summed E-state index contributed by atoms with van der Waals surface area (Å²) in [6, 6.07) is 0. The van der Waals surface area contributed by atoms with Crippen molar-refractivity contribution in [1.29, 1.82) is 0 Å². The molecule has 0 spiro atoms. The molecule has 2 aromatic heterocycles. The fourth-order valence-electron chi connectivity index (χ4n) is 2.72. The molecule has 3 rings (SSSR count). The summed E-state index contributed by atoms with van der Waals surface area (Å²) in [5.41, 5.74) is 1.42. The third-order valence-corrected chi connectivity index (χ3v) is 5.98. The quantitative estimate of drug-likeness (QED) is 0.697. The van der Waals surface area contributed by atoms with Crippen molar-refractivity contribution >= 4 is 39.2 Å². The number of thiophene rings is 1. The normalized spacial score (nSPS) is 17.8. The largest absolute Gasteiger partial charge is 0.358 e. The van der Waals surface area contributed by atoms with E-state index < -0.39 is 0 Å². The first kappa shape index (κ1) is 14.8. The molecule has 2 aromatic rings. The van der Waals surface area contributed by atoms with Crippen LogP contribution in [0, 0.1) is 12.8 Å². The van der Waals surface area contributed by atoms with Gasteiger partial charge in [-0.25, -0.2) is 9.97 Å². The lowest BCUT2D eigenvalue weighted by molar-refractivity contribution is -0.118. The summed E-state index contributed by atoms with van der Waals surface area (Å²) in [7, 11) is 1.66. The molecular formula is C15H19N3OS2. The molecule has 0 bridgehead atoms. The highest BCUT2D eigenvalue weighted by molar-refractivity contribution is 8.00. The summed E-state index contributed by atoms with van der Waals surface area (Å²) in [4.78, 5) is 23.2. The zero-order chi connectivity index (χ0) is 15.0. The number of rotatable bonds is 3. The molecule has 1 aliphatic carbocycles. The molecule has 0 aromatic carbocycles. The highest BCUT2D eigenvalue weighted by atomic mass is 32.2. The van der Waals surface area contributed by atoms with Crippen LogP contribution in [0.5, 0.6) is 0 Å². The average molecular weight is 321 g/mol. The number of nitrogens with zero attached hydrogens (tertiary/aromatic N) is 2. The van der Waals surface area contributed by atoms with E-state index >= 15 is 0 Å². The van der Waals surface area contributed by atoms with Crippen LogP contribution < -0.4 is 5.32 Å². The van der Waals surface area contributed by atoms with Crippen molar-refractivity contribution in [3.05, 3.63) is 16.3 Å². The van der Waals surface area contributed by atoms with Gasteiger partial charge in [-0.1, -0.05) is 18.7 Å². The molecule has 1 aliphatic rings. The molecule has 6 heteroatoms. The molecule has 21 heavy (non-hydrogen) atoms. The van der Waals surface area contributed by atoms with Crippen LogP contribution in [0.2, 0.25) is 0 Å². The fourth-order valence-corrected chi connectivity index (χ4v) is 5.19. The van der Waals surface area contributed by atoms with E-state index in [9.17, 15) is 4.79 Å². The Morgan fingerprint density at radius 2 is 2.29 bits per heavy atom. The smallest absolute Gasteiger partial charge is 0.230 e. The Kier molecular flexibility index (Phi) is 4.17. The molecule has 1 atom stereocenters. The SMILES string of the molecule is CNC(=O)CSc1nc(C)nc2sc3c(c12)CCC(C)C3. The van der Waals surface area contributed by atoms with Gasteiger partial charge < -0.3 is 5.32 Å². The molecule has 1 amide bonds. The number of aryl methyl sites for hydroxylation is 2. The average Bonchev–Trinajstić information content (AvgIpc) is 2.80. The molecule has 0 fully saturated rings. The number of carbonyl (C=O) groups excluding carboxylic acids is 1.